The van der Waals surface area contributed by atoms with Crippen LogP contribution in [0.4, 0.5) is 11.4 Å². The van der Waals surface area contributed by atoms with E-state index in [-0.39, 0.29) is 5.91 Å². The first-order chi connectivity index (χ1) is 8.91. The van der Waals surface area contributed by atoms with Crippen LogP contribution in [0.1, 0.15) is 24.8 Å². The molecule has 1 heterocycles. The Kier molecular flexibility index (Phi) is 3.46. The van der Waals surface area contributed by atoms with E-state index in [4.69, 9.17) is 0 Å². The number of anilines is 2. The highest BCUT2D eigenvalue weighted by atomic mass is 16.4. The minimum atomic E-state index is -0.833. The van der Waals surface area contributed by atoms with Crippen LogP contribution >= 0.6 is 0 Å². The van der Waals surface area contributed by atoms with Gasteiger partial charge in [0.25, 0.3) is 0 Å². The lowest BCUT2D eigenvalue weighted by Crippen LogP contribution is -2.36. The zero-order chi connectivity index (χ0) is 14.2. The highest BCUT2D eigenvalue weighted by Crippen LogP contribution is 2.37. The molecule has 0 saturated carbocycles. The molecule has 0 fully saturated rings. The van der Waals surface area contributed by atoms with Gasteiger partial charge in [-0.25, -0.2) is 0 Å². The Hall–Kier alpha value is -2.04. The van der Waals surface area contributed by atoms with Gasteiger partial charge in [0, 0.05) is 38.9 Å². The highest BCUT2D eigenvalue weighted by Gasteiger charge is 2.31. The number of nitrogens with zero attached hydrogens (tertiary/aromatic N) is 2. The lowest BCUT2D eigenvalue weighted by molar-refractivity contribution is -0.139. The van der Waals surface area contributed by atoms with Crippen LogP contribution in [0.5, 0.6) is 0 Å². The van der Waals surface area contributed by atoms with E-state index in [1.165, 1.54) is 6.92 Å². The normalized spacial score (nSPS) is 17.8. The molecule has 1 aliphatic rings. The molecule has 1 aliphatic heterocycles. The first kappa shape index (κ1) is 13.4. The fraction of sp³-hybridized carbons (Fsp3) is 0.429. The molecule has 19 heavy (non-hydrogen) atoms. The number of hydrogen-bond acceptors (Lipinski definition) is 3. The molecule has 1 amide bonds. The van der Waals surface area contributed by atoms with Gasteiger partial charge in [0.05, 0.1) is 5.92 Å². The van der Waals surface area contributed by atoms with Crippen molar-refractivity contribution in [1.29, 1.82) is 0 Å². The molecule has 0 bridgehead atoms. The van der Waals surface area contributed by atoms with Crippen LogP contribution in [0.15, 0.2) is 18.2 Å². The van der Waals surface area contributed by atoms with Gasteiger partial charge in [-0.1, -0.05) is 0 Å². The third kappa shape index (κ3) is 2.41. The van der Waals surface area contributed by atoms with Crippen molar-refractivity contribution in [2.24, 2.45) is 0 Å². The molecule has 1 unspecified atom stereocenters. The number of carboxylic acids is 1. The van der Waals surface area contributed by atoms with Crippen molar-refractivity contribution in [3.05, 3.63) is 23.8 Å². The fourth-order valence-electron chi connectivity index (χ4n) is 2.46. The molecule has 0 aliphatic carbocycles. The number of hydrogen-bond donors (Lipinski definition) is 1. The van der Waals surface area contributed by atoms with Crippen molar-refractivity contribution in [1.82, 2.24) is 0 Å². The smallest absolute Gasteiger partial charge is 0.311 e. The van der Waals surface area contributed by atoms with Gasteiger partial charge in [-0.3, -0.25) is 9.59 Å². The number of carboxylic acid groups (broad SMARTS) is 1. The maximum absolute atomic E-state index is 11.6. The van der Waals surface area contributed by atoms with Crippen molar-refractivity contribution in [3.63, 3.8) is 0 Å². The number of benzene rings is 1. The number of carbonyl (C=O) groups is 2. The van der Waals surface area contributed by atoms with Gasteiger partial charge in [0.2, 0.25) is 5.91 Å². The largest absolute Gasteiger partial charge is 0.481 e. The zero-order valence-electron chi connectivity index (χ0n) is 11.4. The second-order valence-corrected chi connectivity index (χ2v) is 4.99. The summed E-state index contributed by atoms with van der Waals surface area (Å²) in [4.78, 5) is 26.6. The summed E-state index contributed by atoms with van der Waals surface area (Å²) in [6.45, 7) is 1.96. The van der Waals surface area contributed by atoms with Crippen molar-refractivity contribution in [2.45, 2.75) is 19.3 Å². The van der Waals surface area contributed by atoms with Crippen LogP contribution in [-0.2, 0) is 9.59 Å². The number of rotatable bonds is 2. The molecule has 0 saturated heterocycles. The van der Waals surface area contributed by atoms with E-state index in [0.29, 0.717) is 13.0 Å². The predicted octanol–water partition coefficient (Wildman–Crippen LogP) is 1.68. The average molecular weight is 262 g/mol. The van der Waals surface area contributed by atoms with Crippen molar-refractivity contribution in [3.8, 4) is 0 Å². The Morgan fingerprint density at radius 1 is 1.37 bits per heavy atom. The summed E-state index contributed by atoms with van der Waals surface area (Å²) in [6.07, 6.45) is 0.457. The van der Waals surface area contributed by atoms with Gasteiger partial charge in [-0.2, -0.15) is 0 Å². The van der Waals surface area contributed by atoms with E-state index >= 15 is 0 Å². The lowest BCUT2D eigenvalue weighted by Gasteiger charge is -2.33. The molecule has 1 N–H and O–H groups in total. The van der Waals surface area contributed by atoms with E-state index in [2.05, 4.69) is 0 Å². The maximum atomic E-state index is 11.6. The van der Waals surface area contributed by atoms with Gasteiger partial charge in [-0.15, -0.1) is 0 Å². The second-order valence-electron chi connectivity index (χ2n) is 4.99. The quantitative estimate of drug-likeness (QED) is 0.881. The van der Waals surface area contributed by atoms with Crippen LogP contribution < -0.4 is 9.80 Å². The molecule has 1 atom stereocenters. The molecule has 0 spiro atoms. The molecule has 1 aromatic carbocycles. The van der Waals surface area contributed by atoms with Crippen LogP contribution in [0.2, 0.25) is 0 Å². The Labute approximate surface area is 112 Å². The molecular weight excluding hydrogens is 244 g/mol. The Morgan fingerprint density at radius 2 is 2.05 bits per heavy atom. The zero-order valence-corrected chi connectivity index (χ0v) is 11.4. The topological polar surface area (TPSA) is 60.9 Å². The Balaban J connectivity index is 2.54. The van der Waals surface area contributed by atoms with Crippen molar-refractivity contribution >= 4 is 23.3 Å². The second kappa shape index (κ2) is 4.91. The van der Waals surface area contributed by atoms with Crippen molar-refractivity contribution < 1.29 is 14.7 Å². The van der Waals surface area contributed by atoms with Gasteiger partial charge >= 0.3 is 5.97 Å². The third-order valence-electron chi connectivity index (χ3n) is 3.51. The third-order valence-corrected chi connectivity index (χ3v) is 3.51. The fourth-order valence-corrected chi connectivity index (χ4v) is 2.46. The first-order valence-electron chi connectivity index (χ1n) is 6.24. The first-order valence-corrected chi connectivity index (χ1v) is 6.24. The summed E-state index contributed by atoms with van der Waals surface area (Å²) in [7, 11) is 3.81. The molecule has 0 radical (unpaired) electrons. The lowest BCUT2D eigenvalue weighted by atomic mass is 9.89. The van der Waals surface area contributed by atoms with E-state index in [1.807, 2.05) is 37.2 Å². The summed E-state index contributed by atoms with van der Waals surface area (Å²) < 4.78 is 0. The van der Waals surface area contributed by atoms with E-state index in [9.17, 15) is 14.7 Å². The van der Waals surface area contributed by atoms with Crippen LogP contribution in [-0.4, -0.2) is 37.6 Å². The molecule has 5 heteroatoms. The minimum absolute atomic E-state index is 0.0531. The summed E-state index contributed by atoms with van der Waals surface area (Å²) in [5.74, 6) is -1.42. The van der Waals surface area contributed by atoms with Gasteiger partial charge < -0.3 is 14.9 Å². The molecule has 2 rings (SSSR count). The Bertz CT molecular complexity index is 525. The summed E-state index contributed by atoms with van der Waals surface area (Å²) in [5, 5.41) is 9.32. The SMILES string of the molecule is CC(=O)N1CCC(C(=O)O)c2cc(N(C)C)ccc21. The standard InChI is InChI=1S/C14H18N2O3/c1-9(17)16-7-6-11(14(18)19)12-8-10(15(2)3)4-5-13(12)16/h4-5,8,11H,6-7H2,1-3H3,(H,18,19). The minimum Gasteiger partial charge on any atom is -0.481 e. The van der Waals surface area contributed by atoms with Gasteiger partial charge in [0.15, 0.2) is 0 Å². The highest BCUT2D eigenvalue weighted by molar-refractivity contribution is 5.95. The number of aliphatic carboxylic acids is 1. The number of fused-ring (bicyclic) bond motifs is 1. The predicted molar refractivity (Wildman–Crippen MR) is 73.8 cm³/mol. The van der Waals surface area contributed by atoms with Crippen LogP contribution in [0.3, 0.4) is 0 Å². The van der Waals surface area contributed by atoms with E-state index in [0.717, 1.165) is 16.9 Å². The van der Waals surface area contributed by atoms with Gasteiger partial charge in [-0.05, 0) is 30.2 Å². The molecular formula is C14H18N2O3. The van der Waals surface area contributed by atoms with Crippen LogP contribution in [0, 0.1) is 0 Å². The summed E-state index contributed by atoms with van der Waals surface area (Å²) >= 11 is 0. The molecule has 5 nitrogen and oxygen atoms in total. The number of carbonyl (C=O) groups excluding carboxylic acids is 1. The van der Waals surface area contributed by atoms with E-state index < -0.39 is 11.9 Å². The Morgan fingerprint density at radius 3 is 2.58 bits per heavy atom. The monoisotopic (exact) mass is 262 g/mol. The summed E-state index contributed by atoms with van der Waals surface area (Å²) in [6, 6.07) is 5.60. The van der Waals surface area contributed by atoms with Crippen molar-refractivity contribution in [2.75, 3.05) is 30.4 Å². The molecule has 102 valence electrons. The summed E-state index contributed by atoms with van der Waals surface area (Å²) in [5.41, 5.74) is 2.38. The number of amides is 1. The molecule has 0 aromatic heterocycles. The molecule has 1 aromatic rings. The maximum Gasteiger partial charge on any atom is 0.311 e. The van der Waals surface area contributed by atoms with Crippen LogP contribution in [0.25, 0.3) is 0 Å². The van der Waals surface area contributed by atoms with E-state index in [1.54, 1.807) is 4.90 Å². The van der Waals surface area contributed by atoms with Gasteiger partial charge in [0.1, 0.15) is 0 Å². The average Bonchev–Trinajstić information content (AvgIpc) is 2.36.